The highest BCUT2D eigenvalue weighted by molar-refractivity contribution is 7.89. The van der Waals surface area contributed by atoms with E-state index in [-0.39, 0.29) is 27.2 Å². The summed E-state index contributed by atoms with van der Waals surface area (Å²) in [6, 6.07) is 6.12. The molecule has 0 aliphatic carbocycles. The van der Waals surface area contributed by atoms with Crippen LogP contribution in [0, 0.1) is 5.92 Å². The Bertz CT molecular complexity index is 814. The molecule has 0 fully saturated rings. The number of nitrogens with one attached hydrogen (secondary N) is 1. The van der Waals surface area contributed by atoms with Crippen LogP contribution in [0.5, 0.6) is 0 Å². The normalized spacial score (nSPS) is 11.7. The highest BCUT2D eigenvalue weighted by Crippen LogP contribution is 2.30. The number of benzene rings is 1. The molecule has 6 nitrogen and oxygen atoms in total. The number of anilines is 1. The number of primary sulfonamides is 1. The smallest absolute Gasteiger partial charge is 0.239 e. The van der Waals surface area contributed by atoms with Crippen molar-refractivity contribution >= 4 is 33.1 Å². The number of rotatable bonds is 6. The van der Waals surface area contributed by atoms with Crippen LogP contribution in [0.15, 0.2) is 39.8 Å². The average molecular weight is 357 g/mol. The first-order chi connectivity index (χ1) is 10.7. The Labute approximate surface area is 139 Å². The standard InChI is InChI=1S/C15H17ClN2O4S/c1-9(2)15(19)11-6-14(23(17,20)21)12(16)7-13(11)18-8-10-4-3-5-22-10/h3-7,9,18H,8H2,1-2H3,(H2,17,20,21). The summed E-state index contributed by atoms with van der Waals surface area (Å²) < 4.78 is 28.4. The van der Waals surface area contributed by atoms with Gasteiger partial charge >= 0.3 is 0 Å². The lowest BCUT2D eigenvalue weighted by Gasteiger charge is -2.15. The molecule has 0 spiro atoms. The summed E-state index contributed by atoms with van der Waals surface area (Å²) >= 11 is 6.00. The summed E-state index contributed by atoms with van der Waals surface area (Å²) in [5.41, 5.74) is 0.650. The fourth-order valence-corrected chi connectivity index (χ4v) is 3.13. The number of Topliss-reactive ketones (excluding diaryl/α,β-unsaturated/α-hetero) is 1. The number of carbonyl (C=O) groups excluding carboxylic acids is 1. The largest absolute Gasteiger partial charge is 0.467 e. The molecule has 0 amide bonds. The summed E-state index contributed by atoms with van der Waals surface area (Å²) in [5.74, 6) is 0.141. The van der Waals surface area contributed by atoms with E-state index in [2.05, 4.69) is 5.32 Å². The van der Waals surface area contributed by atoms with Crippen LogP contribution in [0.2, 0.25) is 5.02 Å². The van der Waals surface area contributed by atoms with Gasteiger partial charge in [0.2, 0.25) is 10.0 Å². The maximum atomic E-state index is 12.4. The van der Waals surface area contributed by atoms with Gasteiger partial charge in [-0.2, -0.15) is 0 Å². The number of ketones is 1. The Hall–Kier alpha value is -1.83. The van der Waals surface area contributed by atoms with E-state index in [0.29, 0.717) is 18.0 Å². The predicted molar refractivity (Wildman–Crippen MR) is 88.0 cm³/mol. The van der Waals surface area contributed by atoms with Crippen LogP contribution in [0.3, 0.4) is 0 Å². The number of nitrogens with two attached hydrogens (primary N) is 1. The second-order valence-corrected chi connectivity index (χ2v) is 7.26. The molecule has 124 valence electrons. The van der Waals surface area contributed by atoms with E-state index >= 15 is 0 Å². The molecule has 0 atom stereocenters. The Balaban J connectivity index is 2.47. The quantitative estimate of drug-likeness (QED) is 0.774. The van der Waals surface area contributed by atoms with Crippen LogP contribution in [0.1, 0.15) is 30.0 Å². The van der Waals surface area contributed by atoms with Crippen molar-refractivity contribution in [1.82, 2.24) is 0 Å². The van der Waals surface area contributed by atoms with Gasteiger partial charge in [0.1, 0.15) is 10.7 Å². The van der Waals surface area contributed by atoms with Crippen molar-refractivity contribution in [3.05, 3.63) is 46.9 Å². The highest BCUT2D eigenvalue weighted by atomic mass is 35.5. The minimum Gasteiger partial charge on any atom is -0.467 e. The summed E-state index contributed by atoms with van der Waals surface area (Å²) in [6.45, 7) is 3.78. The van der Waals surface area contributed by atoms with E-state index in [9.17, 15) is 13.2 Å². The molecule has 0 unspecified atom stereocenters. The zero-order valence-corrected chi connectivity index (χ0v) is 14.2. The minimum absolute atomic E-state index is 0.0465. The van der Waals surface area contributed by atoms with Gasteiger partial charge in [-0.15, -0.1) is 0 Å². The van der Waals surface area contributed by atoms with Crippen molar-refractivity contribution in [3.8, 4) is 0 Å². The molecular formula is C15H17ClN2O4S. The van der Waals surface area contributed by atoms with Crippen LogP contribution in [-0.4, -0.2) is 14.2 Å². The SMILES string of the molecule is CC(C)C(=O)c1cc(S(N)(=O)=O)c(Cl)cc1NCc1ccco1. The third-order valence-corrected chi connectivity index (χ3v) is 4.58. The summed E-state index contributed by atoms with van der Waals surface area (Å²) in [5, 5.41) is 8.13. The van der Waals surface area contributed by atoms with E-state index in [1.165, 1.54) is 18.4 Å². The van der Waals surface area contributed by atoms with Crippen molar-refractivity contribution in [2.24, 2.45) is 11.1 Å². The highest BCUT2D eigenvalue weighted by Gasteiger charge is 2.22. The van der Waals surface area contributed by atoms with Gasteiger partial charge in [0, 0.05) is 17.2 Å². The third-order valence-electron chi connectivity index (χ3n) is 3.20. The molecule has 0 radical (unpaired) electrons. The van der Waals surface area contributed by atoms with Crippen LogP contribution >= 0.6 is 11.6 Å². The number of furan rings is 1. The Morgan fingerprint density at radius 2 is 2.09 bits per heavy atom. The van der Waals surface area contributed by atoms with Gasteiger partial charge in [-0.25, -0.2) is 13.6 Å². The lowest BCUT2D eigenvalue weighted by atomic mass is 9.99. The van der Waals surface area contributed by atoms with E-state index < -0.39 is 10.0 Å². The average Bonchev–Trinajstić information content (AvgIpc) is 2.96. The molecule has 0 aliphatic heterocycles. The molecule has 1 aromatic heterocycles. The van der Waals surface area contributed by atoms with Crippen molar-refractivity contribution in [2.45, 2.75) is 25.3 Å². The van der Waals surface area contributed by atoms with Gasteiger partial charge in [0.25, 0.3) is 0 Å². The Morgan fingerprint density at radius 3 is 2.61 bits per heavy atom. The molecule has 2 aromatic rings. The van der Waals surface area contributed by atoms with Crippen molar-refractivity contribution in [3.63, 3.8) is 0 Å². The van der Waals surface area contributed by atoms with Gasteiger partial charge in [-0.05, 0) is 24.3 Å². The fraction of sp³-hybridized carbons (Fsp3) is 0.267. The lowest BCUT2D eigenvalue weighted by molar-refractivity contribution is 0.0940. The molecular weight excluding hydrogens is 340 g/mol. The van der Waals surface area contributed by atoms with Gasteiger partial charge in [0.15, 0.2) is 5.78 Å². The molecule has 0 saturated heterocycles. The van der Waals surface area contributed by atoms with Crippen molar-refractivity contribution in [2.75, 3.05) is 5.32 Å². The third kappa shape index (κ3) is 4.13. The van der Waals surface area contributed by atoms with E-state index in [0.717, 1.165) is 0 Å². The Morgan fingerprint density at radius 1 is 1.39 bits per heavy atom. The first-order valence-electron chi connectivity index (χ1n) is 6.87. The molecule has 8 heteroatoms. The van der Waals surface area contributed by atoms with E-state index in [1.807, 2.05) is 0 Å². The first-order valence-corrected chi connectivity index (χ1v) is 8.79. The molecule has 0 saturated carbocycles. The van der Waals surface area contributed by atoms with Gasteiger partial charge in [-0.1, -0.05) is 25.4 Å². The van der Waals surface area contributed by atoms with Crippen LogP contribution in [-0.2, 0) is 16.6 Å². The second kappa shape index (κ2) is 6.74. The van der Waals surface area contributed by atoms with E-state index in [1.54, 1.807) is 26.0 Å². The number of carbonyl (C=O) groups is 1. The molecule has 2 rings (SSSR count). The number of hydrogen-bond acceptors (Lipinski definition) is 5. The molecule has 1 heterocycles. The van der Waals surface area contributed by atoms with E-state index in [4.69, 9.17) is 21.2 Å². The van der Waals surface area contributed by atoms with Crippen LogP contribution < -0.4 is 10.5 Å². The molecule has 1 aromatic carbocycles. The molecule has 0 aliphatic rings. The maximum Gasteiger partial charge on any atom is 0.239 e. The topological polar surface area (TPSA) is 102 Å². The van der Waals surface area contributed by atoms with Crippen molar-refractivity contribution in [1.29, 1.82) is 0 Å². The number of hydrogen-bond donors (Lipinski definition) is 2. The maximum absolute atomic E-state index is 12.4. The monoisotopic (exact) mass is 356 g/mol. The van der Waals surface area contributed by atoms with Crippen molar-refractivity contribution < 1.29 is 17.6 Å². The predicted octanol–water partition coefficient (Wildman–Crippen LogP) is 3.03. The van der Waals surface area contributed by atoms with Gasteiger partial charge < -0.3 is 9.73 Å². The number of halogens is 1. The second-order valence-electron chi connectivity index (χ2n) is 5.33. The summed E-state index contributed by atoms with van der Waals surface area (Å²) in [7, 11) is -4.02. The minimum atomic E-state index is -4.02. The van der Waals surface area contributed by atoms with Crippen LogP contribution in [0.4, 0.5) is 5.69 Å². The zero-order chi connectivity index (χ0) is 17.2. The molecule has 0 bridgehead atoms. The van der Waals surface area contributed by atoms with Crippen LogP contribution in [0.25, 0.3) is 0 Å². The first kappa shape index (κ1) is 17.5. The number of sulfonamides is 1. The van der Waals surface area contributed by atoms with Gasteiger partial charge in [0.05, 0.1) is 17.8 Å². The Kier molecular flexibility index (Phi) is 5.13. The molecule has 23 heavy (non-hydrogen) atoms. The lowest BCUT2D eigenvalue weighted by Crippen LogP contribution is -2.17. The summed E-state index contributed by atoms with van der Waals surface area (Å²) in [6.07, 6.45) is 1.54. The zero-order valence-electron chi connectivity index (χ0n) is 12.7. The fourth-order valence-electron chi connectivity index (χ4n) is 2.03. The summed E-state index contributed by atoms with van der Waals surface area (Å²) in [4.78, 5) is 12.1. The molecule has 3 N–H and O–H groups in total. The van der Waals surface area contributed by atoms with Gasteiger partial charge in [-0.3, -0.25) is 4.79 Å².